The molecule has 1 heterocycles. The molecule has 1 aliphatic rings. The van der Waals surface area contributed by atoms with Crippen molar-refractivity contribution in [3.8, 4) is 0 Å². The number of carboxylic acid groups (broad SMARTS) is 1. The number of aromatic nitrogens is 1. The van der Waals surface area contributed by atoms with Crippen molar-refractivity contribution in [3.05, 3.63) is 10.6 Å². The molecule has 1 aromatic rings. The van der Waals surface area contributed by atoms with Crippen LogP contribution in [0.25, 0.3) is 0 Å². The second-order valence-corrected chi connectivity index (χ2v) is 6.26. The van der Waals surface area contributed by atoms with Gasteiger partial charge in [0.1, 0.15) is 4.88 Å². The Morgan fingerprint density at radius 3 is 2.94 bits per heavy atom. The molecular formula is C13H20N2O2S. The summed E-state index contributed by atoms with van der Waals surface area (Å²) >= 11 is 1.24. The monoisotopic (exact) mass is 268 g/mol. The second kappa shape index (κ2) is 5.69. The zero-order valence-corrected chi connectivity index (χ0v) is 11.7. The number of hydrogen-bond acceptors (Lipinski definition) is 4. The van der Waals surface area contributed by atoms with Gasteiger partial charge in [-0.2, -0.15) is 0 Å². The lowest BCUT2D eigenvalue weighted by atomic mass is 9.82. The van der Waals surface area contributed by atoms with Gasteiger partial charge >= 0.3 is 5.97 Å². The van der Waals surface area contributed by atoms with Crippen molar-refractivity contribution in [1.29, 1.82) is 0 Å². The normalized spacial score (nSPS) is 23.9. The highest BCUT2D eigenvalue weighted by atomic mass is 32.1. The van der Waals surface area contributed by atoms with E-state index in [2.05, 4.69) is 17.2 Å². The summed E-state index contributed by atoms with van der Waals surface area (Å²) in [4.78, 5) is 15.5. The van der Waals surface area contributed by atoms with E-state index in [1.807, 2.05) is 0 Å². The van der Waals surface area contributed by atoms with Crippen LogP contribution in [0.1, 0.15) is 48.0 Å². The smallest absolute Gasteiger partial charge is 0.347 e. The molecule has 1 aromatic heterocycles. The van der Waals surface area contributed by atoms with Gasteiger partial charge in [-0.05, 0) is 31.6 Å². The molecule has 2 rings (SSSR count). The van der Waals surface area contributed by atoms with Crippen molar-refractivity contribution in [2.45, 2.75) is 39.5 Å². The number of aromatic carboxylic acids is 1. The Morgan fingerprint density at radius 2 is 2.33 bits per heavy atom. The van der Waals surface area contributed by atoms with Gasteiger partial charge in [0, 0.05) is 6.54 Å². The van der Waals surface area contributed by atoms with Crippen LogP contribution in [0.4, 0.5) is 5.13 Å². The Bertz CT molecular complexity index is 431. The van der Waals surface area contributed by atoms with Crippen LogP contribution in [0.3, 0.4) is 0 Å². The van der Waals surface area contributed by atoms with Crippen molar-refractivity contribution < 1.29 is 9.90 Å². The zero-order chi connectivity index (χ0) is 13.1. The molecule has 0 bridgehead atoms. The third-order valence-corrected chi connectivity index (χ3v) is 4.68. The van der Waals surface area contributed by atoms with E-state index < -0.39 is 5.97 Å². The summed E-state index contributed by atoms with van der Waals surface area (Å²) in [6.45, 7) is 4.96. The lowest BCUT2D eigenvalue weighted by molar-refractivity contribution is 0.0701. The van der Waals surface area contributed by atoms with Gasteiger partial charge in [-0.3, -0.25) is 0 Å². The first-order valence-electron chi connectivity index (χ1n) is 6.51. The van der Waals surface area contributed by atoms with Gasteiger partial charge in [0.25, 0.3) is 0 Å². The molecule has 5 heteroatoms. The van der Waals surface area contributed by atoms with E-state index in [9.17, 15) is 4.79 Å². The zero-order valence-electron chi connectivity index (χ0n) is 10.9. The molecule has 2 atom stereocenters. The van der Waals surface area contributed by atoms with E-state index in [1.54, 1.807) is 6.92 Å². The first-order chi connectivity index (χ1) is 8.56. The number of hydrogen-bond donors (Lipinski definition) is 2. The highest BCUT2D eigenvalue weighted by molar-refractivity contribution is 7.17. The molecule has 100 valence electrons. The van der Waals surface area contributed by atoms with Crippen molar-refractivity contribution in [2.24, 2.45) is 11.8 Å². The van der Waals surface area contributed by atoms with E-state index in [1.165, 1.54) is 37.0 Å². The molecular weight excluding hydrogens is 248 g/mol. The Labute approximate surface area is 111 Å². The van der Waals surface area contributed by atoms with Crippen molar-refractivity contribution in [3.63, 3.8) is 0 Å². The number of carbonyl (C=O) groups is 1. The predicted octanol–water partition coefficient (Wildman–Crippen LogP) is 3.39. The number of anilines is 1. The van der Waals surface area contributed by atoms with Gasteiger partial charge in [-0.1, -0.05) is 31.1 Å². The maximum absolute atomic E-state index is 10.9. The Morgan fingerprint density at radius 1 is 1.56 bits per heavy atom. The van der Waals surface area contributed by atoms with Crippen LogP contribution in [-0.2, 0) is 0 Å². The molecule has 1 fully saturated rings. The van der Waals surface area contributed by atoms with Crippen LogP contribution in [-0.4, -0.2) is 22.6 Å². The first-order valence-corrected chi connectivity index (χ1v) is 7.32. The molecule has 0 aliphatic heterocycles. The average Bonchev–Trinajstić information content (AvgIpc) is 2.68. The SMILES string of the molecule is Cc1nc(NCC2CCCC(C)C2)sc1C(=O)O. The molecule has 1 aliphatic carbocycles. The van der Waals surface area contributed by atoms with E-state index in [4.69, 9.17) is 5.11 Å². The molecule has 2 N–H and O–H groups in total. The fourth-order valence-corrected chi connectivity index (χ4v) is 3.46. The molecule has 0 saturated heterocycles. The number of nitrogens with one attached hydrogen (secondary N) is 1. The molecule has 0 spiro atoms. The van der Waals surface area contributed by atoms with Crippen molar-refractivity contribution in [2.75, 3.05) is 11.9 Å². The minimum absolute atomic E-state index is 0.342. The standard InChI is InChI=1S/C13H20N2O2S/c1-8-4-3-5-10(6-8)7-14-13-15-9(2)11(18-13)12(16)17/h8,10H,3-7H2,1-2H3,(H,14,15)(H,16,17). The molecule has 2 unspecified atom stereocenters. The molecule has 1 saturated carbocycles. The van der Waals surface area contributed by atoms with Crippen LogP contribution in [0.5, 0.6) is 0 Å². The molecule has 0 radical (unpaired) electrons. The quantitative estimate of drug-likeness (QED) is 0.878. The van der Waals surface area contributed by atoms with Gasteiger partial charge in [0.2, 0.25) is 0 Å². The molecule has 0 aromatic carbocycles. The van der Waals surface area contributed by atoms with E-state index in [0.717, 1.165) is 17.6 Å². The van der Waals surface area contributed by atoms with Crippen LogP contribution in [0.15, 0.2) is 0 Å². The summed E-state index contributed by atoms with van der Waals surface area (Å²) in [7, 11) is 0. The van der Waals surface area contributed by atoms with Crippen LogP contribution >= 0.6 is 11.3 Å². The third-order valence-electron chi connectivity index (χ3n) is 3.58. The first kappa shape index (κ1) is 13.3. The van der Waals surface area contributed by atoms with E-state index in [-0.39, 0.29) is 0 Å². The maximum Gasteiger partial charge on any atom is 0.347 e. The van der Waals surface area contributed by atoms with Crippen molar-refractivity contribution >= 4 is 22.4 Å². The minimum atomic E-state index is -0.885. The Hall–Kier alpha value is -1.10. The topological polar surface area (TPSA) is 62.2 Å². The van der Waals surface area contributed by atoms with Crippen LogP contribution < -0.4 is 5.32 Å². The second-order valence-electron chi connectivity index (χ2n) is 5.26. The Kier molecular flexibility index (Phi) is 4.22. The number of rotatable bonds is 4. The van der Waals surface area contributed by atoms with Gasteiger partial charge in [0.05, 0.1) is 5.69 Å². The molecule has 0 amide bonds. The summed E-state index contributed by atoms with van der Waals surface area (Å²) in [5.74, 6) is 0.633. The minimum Gasteiger partial charge on any atom is -0.477 e. The molecule has 4 nitrogen and oxygen atoms in total. The number of thiazole rings is 1. The maximum atomic E-state index is 10.9. The fourth-order valence-electron chi connectivity index (χ4n) is 2.65. The van der Waals surface area contributed by atoms with Crippen LogP contribution in [0, 0.1) is 18.8 Å². The third kappa shape index (κ3) is 3.22. The van der Waals surface area contributed by atoms with Crippen molar-refractivity contribution in [1.82, 2.24) is 4.98 Å². The fraction of sp³-hybridized carbons (Fsp3) is 0.692. The van der Waals surface area contributed by atoms with Crippen LogP contribution in [0.2, 0.25) is 0 Å². The number of nitrogens with zero attached hydrogens (tertiary/aromatic N) is 1. The predicted molar refractivity (Wildman–Crippen MR) is 73.4 cm³/mol. The average molecular weight is 268 g/mol. The summed E-state index contributed by atoms with van der Waals surface area (Å²) < 4.78 is 0. The lowest BCUT2D eigenvalue weighted by Crippen LogP contribution is -2.20. The van der Waals surface area contributed by atoms with E-state index in [0.29, 0.717) is 16.5 Å². The Balaban J connectivity index is 1.90. The summed E-state index contributed by atoms with van der Waals surface area (Å²) in [5.41, 5.74) is 0.604. The van der Waals surface area contributed by atoms with Gasteiger partial charge in [-0.25, -0.2) is 9.78 Å². The van der Waals surface area contributed by atoms with Gasteiger partial charge in [0.15, 0.2) is 5.13 Å². The highest BCUT2D eigenvalue weighted by Crippen LogP contribution is 2.29. The largest absolute Gasteiger partial charge is 0.477 e. The molecule has 18 heavy (non-hydrogen) atoms. The highest BCUT2D eigenvalue weighted by Gasteiger charge is 2.19. The van der Waals surface area contributed by atoms with Gasteiger partial charge < -0.3 is 10.4 Å². The number of aryl methyl sites for hydroxylation is 1. The lowest BCUT2D eigenvalue weighted by Gasteiger charge is -2.26. The number of carboxylic acids is 1. The summed E-state index contributed by atoms with van der Waals surface area (Å²) in [5, 5.41) is 13.0. The van der Waals surface area contributed by atoms with E-state index >= 15 is 0 Å². The van der Waals surface area contributed by atoms with Gasteiger partial charge in [-0.15, -0.1) is 0 Å². The summed E-state index contributed by atoms with van der Waals surface area (Å²) in [6, 6.07) is 0. The summed E-state index contributed by atoms with van der Waals surface area (Å²) in [6.07, 6.45) is 5.19.